The maximum Gasteiger partial charge on any atom is 0.325 e. The van der Waals surface area contributed by atoms with Crippen LogP contribution in [0.15, 0.2) is 67.0 Å². The Labute approximate surface area is 151 Å². The number of likely N-dealkylation sites (N-methyl/N-ethyl adjacent to an activating group) is 1. The summed E-state index contributed by atoms with van der Waals surface area (Å²) in [6.07, 6.45) is 3.59. The van der Waals surface area contributed by atoms with Crippen LogP contribution in [0.2, 0.25) is 0 Å². The molecule has 0 unspecified atom stereocenters. The number of carboxylic acids is 1. The highest BCUT2D eigenvalue weighted by Crippen LogP contribution is 2.23. The predicted molar refractivity (Wildman–Crippen MR) is 97.8 cm³/mol. The number of hydrogen-bond acceptors (Lipinski definition) is 4. The number of aliphatic hydroxyl groups is 1. The van der Waals surface area contributed by atoms with Crippen LogP contribution in [0.25, 0.3) is 5.69 Å². The van der Waals surface area contributed by atoms with Crippen LogP contribution in [0, 0.1) is 0 Å². The SMILES string of the molecule is CN(Cc1ccc(-n2cccn2)cc1)[C@@H](C(=O)O)c1cccc(CO)c1. The van der Waals surface area contributed by atoms with E-state index in [4.69, 9.17) is 0 Å². The molecule has 0 aliphatic rings. The Morgan fingerprint density at radius 2 is 1.92 bits per heavy atom. The molecular weight excluding hydrogens is 330 g/mol. The highest BCUT2D eigenvalue weighted by atomic mass is 16.4. The Kier molecular flexibility index (Phi) is 5.46. The van der Waals surface area contributed by atoms with Gasteiger partial charge in [0.05, 0.1) is 12.3 Å². The van der Waals surface area contributed by atoms with Crippen LogP contribution in [-0.4, -0.2) is 37.9 Å². The zero-order valence-corrected chi connectivity index (χ0v) is 14.5. The van der Waals surface area contributed by atoms with Crippen LogP contribution in [0.3, 0.4) is 0 Å². The molecule has 6 heteroatoms. The van der Waals surface area contributed by atoms with Gasteiger partial charge in [0, 0.05) is 18.9 Å². The van der Waals surface area contributed by atoms with Gasteiger partial charge >= 0.3 is 5.97 Å². The van der Waals surface area contributed by atoms with E-state index in [0.29, 0.717) is 17.7 Å². The van der Waals surface area contributed by atoms with Gasteiger partial charge in [0.2, 0.25) is 0 Å². The molecule has 0 fully saturated rings. The van der Waals surface area contributed by atoms with Gasteiger partial charge in [-0.1, -0.05) is 36.4 Å². The number of aromatic nitrogens is 2. The first-order valence-electron chi connectivity index (χ1n) is 8.30. The summed E-state index contributed by atoms with van der Waals surface area (Å²) in [5.41, 5.74) is 3.31. The summed E-state index contributed by atoms with van der Waals surface area (Å²) >= 11 is 0. The van der Waals surface area contributed by atoms with Gasteiger partial charge in [-0.25, -0.2) is 4.68 Å². The fourth-order valence-electron chi connectivity index (χ4n) is 3.00. The summed E-state index contributed by atoms with van der Waals surface area (Å²) in [4.78, 5) is 13.6. The standard InChI is InChI=1S/C20H21N3O3/c1-22(19(20(25)26)17-5-2-4-16(12-17)14-24)13-15-6-8-18(9-7-15)23-11-3-10-21-23/h2-12,19,24H,13-14H2,1H3,(H,25,26)/t19-/m1/s1. The van der Waals surface area contributed by atoms with E-state index in [-0.39, 0.29) is 6.61 Å². The Morgan fingerprint density at radius 3 is 2.54 bits per heavy atom. The second-order valence-corrected chi connectivity index (χ2v) is 6.18. The molecule has 3 aromatic rings. The van der Waals surface area contributed by atoms with E-state index >= 15 is 0 Å². The second-order valence-electron chi connectivity index (χ2n) is 6.18. The van der Waals surface area contributed by atoms with Crippen molar-refractivity contribution in [2.24, 2.45) is 0 Å². The van der Waals surface area contributed by atoms with Gasteiger partial charge in [-0.3, -0.25) is 9.69 Å². The molecule has 2 N–H and O–H groups in total. The summed E-state index contributed by atoms with van der Waals surface area (Å²) in [5.74, 6) is -0.921. The largest absolute Gasteiger partial charge is 0.480 e. The molecule has 0 aliphatic carbocycles. The lowest BCUT2D eigenvalue weighted by Gasteiger charge is -2.25. The third kappa shape index (κ3) is 3.99. The summed E-state index contributed by atoms with van der Waals surface area (Å²) < 4.78 is 1.77. The number of aliphatic hydroxyl groups excluding tert-OH is 1. The van der Waals surface area contributed by atoms with Crippen molar-refractivity contribution in [1.29, 1.82) is 0 Å². The molecule has 0 aliphatic heterocycles. The van der Waals surface area contributed by atoms with Crippen molar-refractivity contribution >= 4 is 5.97 Å². The van der Waals surface area contributed by atoms with Crippen molar-refractivity contribution in [1.82, 2.24) is 14.7 Å². The van der Waals surface area contributed by atoms with E-state index < -0.39 is 12.0 Å². The normalized spacial score (nSPS) is 12.3. The van der Waals surface area contributed by atoms with E-state index in [9.17, 15) is 15.0 Å². The number of hydrogen-bond donors (Lipinski definition) is 2. The molecule has 0 spiro atoms. The van der Waals surface area contributed by atoms with Crippen molar-refractivity contribution in [2.75, 3.05) is 7.05 Å². The Hall–Kier alpha value is -2.96. The van der Waals surface area contributed by atoms with E-state index in [1.165, 1.54) is 0 Å². The quantitative estimate of drug-likeness (QED) is 0.684. The Morgan fingerprint density at radius 1 is 1.15 bits per heavy atom. The van der Waals surface area contributed by atoms with E-state index in [1.807, 2.05) is 36.5 Å². The van der Waals surface area contributed by atoms with Gasteiger partial charge in [-0.05, 0) is 41.9 Å². The summed E-state index contributed by atoms with van der Waals surface area (Å²) in [5, 5.41) is 23.2. The highest BCUT2D eigenvalue weighted by molar-refractivity contribution is 5.75. The zero-order chi connectivity index (χ0) is 18.5. The van der Waals surface area contributed by atoms with Crippen molar-refractivity contribution in [3.63, 3.8) is 0 Å². The minimum Gasteiger partial charge on any atom is -0.480 e. The molecule has 3 rings (SSSR count). The topological polar surface area (TPSA) is 78.6 Å². The van der Waals surface area contributed by atoms with Crippen molar-refractivity contribution < 1.29 is 15.0 Å². The van der Waals surface area contributed by atoms with Crippen molar-refractivity contribution in [2.45, 2.75) is 19.2 Å². The lowest BCUT2D eigenvalue weighted by molar-refractivity contribution is -0.143. The number of carbonyl (C=O) groups is 1. The number of carboxylic acid groups (broad SMARTS) is 1. The van der Waals surface area contributed by atoms with E-state index in [2.05, 4.69) is 5.10 Å². The van der Waals surface area contributed by atoms with Gasteiger partial charge in [-0.15, -0.1) is 0 Å². The highest BCUT2D eigenvalue weighted by Gasteiger charge is 2.25. The van der Waals surface area contributed by atoms with E-state index in [1.54, 1.807) is 47.1 Å². The van der Waals surface area contributed by atoms with Gasteiger partial charge in [-0.2, -0.15) is 5.10 Å². The fourth-order valence-corrected chi connectivity index (χ4v) is 3.00. The zero-order valence-electron chi connectivity index (χ0n) is 14.5. The third-order valence-corrected chi connectivity index (χ3v) is 4.26. The van der Waals surface area contributed by atoms with Crippen molar-refractivity contribution in [3.8, 4) is 5.69 Å². The van der Waals surface area contributed by atoms with E-state index in [0.717, 1.165) is 11.3 Å². The molecule has 6 nitrogen and oxygen atoms in total. The van der Waals surface area contributed by atoms with Crippen LogP contribution < -0.4 is 0 Å². The average molecular weight is 351 g/mol. The average Bonchev–Trinajstić information content (AvgIpc) is 3.17. The molecule has 0 amide bonds. The number of benzene rings is 2. The molecule has 0 bridgehead atoms. The van der Waals surface area contributed by atoms with Gasteiger partial charge < -0.3 is 10.2 Å². The Balaban J connectivity index is 1.77. The molecule has 1 heterocycles. The minimum atomic E-state index is -0.921. The van der Waals surface area contributed by atoms with Gasteiger partial charge in [0.1, 0.15) is 6.04 Å². The fraction of sp³-hybridized carbons (Fsp3) is 0.200. The molecule has 26 heavy (non-hydrogen) atoms. The first-order valence-corrected chi connectivity index (χ1v) is 8.30. The third-order valence-electron chi connectivity index (χ3n) is 4.26. The van der Waals surface area contributed by atoms with Crippen LogP contribution in [0.1, 0.15) is 22.7 Å². The van der Waals surface area contributed by atoms with Crippen LogP contribution in [-0.2, 0) is 17.9 Å². The monoisotopic (exact) mass is 351 g/mol. The summed E-state index contributed by atoms with van der Waals surface area (Å²) in [6.45, 7) is 0.374. The summed E-state index contributed by atoms with van der Waals surface area (Å²) in [7, 11) is 1.78. The molecular formula is C20H21N3O3. The molecule has 134 valence electrons. The smallest absolute Gasteiger partial charge is 0.325 e. The minimum absolute atomic E-state index is 0.112. The second kappa shape index (κ2) is 7.95. The predicted octanol–water partition coefficient (Wildman–Crippen LogP) is 2.62. The van der Waals surface area contributed by atoms with Gasteiger partial charge in [0.25, 0.3) is 0 Å². The molecule has 0 saturated heterocycles. The first-order chi connectivity index (χ1) is 12.6. The summed E-state index contributed by atoms with van der Waals surface area (Å²) in [6, 6.07) is 16.0. The Bertz CT molecular complexity index is 860. The molecule has 0 radical (unpaired) electrons. The molecule has 0 saturated carbocycles. The van der Waals surface area contributed by atoms with Crippen LogP contribution in [0.4, 0.5) is 0 Å². The maximum atomic E-state index is 11.8. The lowest BCUT2D eigenvalue weighted by atomic mass is 10.0. The molecule has 1 atom stereocenters. The van der Waals surface area contributed by atoms with Gasteiger partial charge in [0.15, 0.2) is 0 Å². The lowest BCUT2D eigenvalue weighted by Crippen LogP contribution is -2.30. The molecule has 1 aromatic heterocycles. The number of rotatable bonds is 7. The maximum absolute atomic E-state index is 11.8. The first kappa shape index (κ1) is 17.8. The van der Waals surface area contributed by atoms with Crippen LogP contribution in [0.5, 0.6) is 0 Å². The number of nitrogens with zero attached hydrogens (tertiary/aromatic N) is 3. The van der Waals surface area contributed by atoms with Crippen LogP contribution >= 0.6 is 0 Å². The molecule has 2 aromatic carbocycles. The van der Waals surface area contributed by atoms with Crippen molar-refractivity contribution in [3.05, 3.63) is 83.7 Å². The number of aliphatic carboxylic acids is 1.